The van der Waals surface area contributed by atoms with Gasteiger partial charge >= 0.3 is 0 Å². The number of fused-ring (bicyclic) bond motifs is 2. The summed E-state index contributed by atoms with van der Waals surface area (Å²) in [6.45, 7) is 3.37. The molecule has 2 unspecified atom stereocenters. The molecular formula is C17H20N2. The normalized spacial score (nSPS) is 26.4. The van der Waals surface area contributed by atoms with Crippen LogP contribution in [0.15, 0.2) is 36.0 Å². The van der Waals surface area contributed by atoms with E-state index in [0.29, 0.717) is 12.0 Å². The largest absolute Gasteiger partial charge is 0.350 e. The summed E-state index contributed by atoms with van der Waals surface area (Å²) in [4.78, 5) is 2.52. The second-order valence-electron chi connectivity index (χ2n) is 6.23. The number of likely N-dealkylation sites (N-methyl/N-ethyl adjacent to an activating group) is 1. The maximum absolute atomic E-state index is 2.52. The van der Waals surface area contributed by atoms with E-state index < -0.39 is 0 Å². The van der Waals surface area contributed by atoms with Gasteiger partial charge in [-0.05, 0) is 37.6 Å². The minimum absolute atomic E-state index is 0.567. The van der Waals surface area contributed by atoms with Crippen molar-refractivity contribution in [2.24, 2.45) is 7.05 Å². The first kappa shape index (κ1) is 11.3. The summed E-state index contributed by atoms with van der Waals surface area (Å²) in [6.07, 6.45) is 6.00. The Labute approximate surface area is 114 Å². The molecule has 2 aromatic rings. The van der Waals surface area contributed by atoms with Crippen LogP contribution in [-0.2, 0) is 13.5 Å². The molecule has 4 rings (SSSR count). The van der Waals surface area contributed by atoms with E-state index in [-0.39, 0.29) is 0 Å². The highest BCUT2D eigenvalue weighted by Crippen LogP contribution is 2.42. The topological polar surface area (TPSA) is 8.17 Å². The number of aromatic nitrogens is 1. The van der Waals surface area contributed by atoms with E-state index in [1.807, 2.05) is 0 Å². The standard InChI is InChI=1S/C17H20N2/c1-11-7-14-13-5-4-6-15-17(13)12(10-19(15)3)8-16(14)18(2)9-11/h4-7,10,14,16H,8-9H2,1-3H3. The molecule has 98 valence electrons. The molecule has 0 saturated heterocycles. The zero-order chi connectivity index (χ0) is 13.1. The van der Waals surface area contributed by atoms with Crippen molar-refractivity contribution in [1.82, 2.24) is 9.47 Å². The van der Waals surface area contributed by atoms with E-state index in [2.05, 4.69) is 61.0 Å². The van der Waals surface area contributed by atoms with Crippen molar-refractivity contribution in [3.8, 4) is 0 Å². The van der Waals surface area contributed by atoms with E-state index in [9.17, 15) is 0 Å². The van der Waals surface area contributed by atoms with E-state index in [1.165, 1.54) is 34.0 Å². The van der Waals surface area contributed by atoms with E-state index in [4.69, 9.17) is 0 Å². The van der Waals surface area contributed by atoms with Crippen LogP contribution in [-0.4, -0.2) is 29.1 Å². The van der Waals surface area contributed by atoms with Crippen LogP contribution in [0.1, 0.15) is 24.0 Å². The second kappa shape index (κ2) is 3.73. The van der Waals surface area contributed by atoms with Gasteiger partial charge in [-0.15, -0.1) is 0 Å². The van der Waals surface area contributed by atoms with Gasteiger partial charge in [0.15, 0.2) is 0 Å². The third-order valence-corrected chi connectivity index (χ3v) is 4.86. The first-order valence-electron chi connectivity index (χ1n) is 7.09. The fourth-order valence-electron chi connectivity index (χ4n) is 4.06. The summed E-state index contributed by atoms with van der Waals surface area (Å²) in [5.74, 6) is 0.567. The molecular weight excluding hydrogens is 232 g/mol. The van der Waals surface area contributed by atoms with Crippen LogP contribution in [0.4, 0.5) is 0 Å². The Balaban J connectivity index is 2.01. The molecule has 2 heterocycles. The van der Waals surface area contributed by atoms with Crippen LogP contribution in [0.3, 0.4) is 0 Å². The summed E-state index contributed by atoms with van der Waals surface area (Å²) >= 11 is 0. The predicted octanol–water partition coefficient (Wildman–Crippen LogP) is 3.08. The average molecular weight is 252 g/mol. The van der Waals surface area contributed by atoms with Crippen LogP contribution in [0.2, 0.25) is 0 Å². The molecule has 0 amide bonds. The molecule has 1 aliphatic carbocycles. The Kier molecular flexibility index (Phi) is 2.22. The highest BCUT2D eigenvalue weighted by molar-refractivity contribution is 5.89. The maximum atomic E-state index is 2.52. The molecule has 19 heavy (non-hydrogen) atoms. The quantitative estimate of drug-likeness (QED) is 0.654. The Hall–Kier alpha value is -1.54. The lowest BCUT2D eigenvalue weighted by Crippen LogP contribution is -2.43. The summed E-state index contributed by atoms with van der Waals surface area (Å²) in [5, 5.41) is 1.51. The maximum Gasteiger partial charge on any atom is 0.0483 e. The van der Waals surface area contributed by atoms with Gasteiger partial charge in [0.25, 0.3) is 0 Å². The number of benzene rings is 1. The van der Waals surface area contributed by atoms with Crippen molar-refractivity contribution in [3.05, 3.63) is 47.2 Å². The third-order valence-electron chi connectivity index (χ3n) is 4.86. The minimum Gasteiger partial charge on any atom is -0.350 e. The van der Waals surface area contributed by atoms with Gasteiger partial charge < -0.3 is 4.57 Å². The van der Waals surface area contributed by atoms with Gasteiger partial charge in [-0.2, -0.15) is 0 Å². The molecule has 2 nitrogen and oxygen atoms in total. The molecule has 0 radical (unpaired) electrons. The van der Waals surface area contributed by atoms with Crippen LogP contribution >= 0.6 is 0 Å². The van der Waals surface area contributed by atoms with Crippen molar-refractivity contribution in [2.45, 2.75) is 25.3 Å². The Morgan fingerprint density at radius 2 is 2.05 bits per heavy atom. The number of hydrogen-bond acceptors (Lipinski definition) is 1. The van der Waals surface area contributed by atoms with Crippen molar-refractivity contribution in [3.63, 3.8) is 0 Å². The summed E-state index contributed by atoms with van der Waals surface area (Å²) in [5.41, 5.74) is 5.93. The molecule has 0 N–H and O–H groups in total. The fraction of sp³-hybridized carbons (Fsp3) is 0.412. The monoisotopic (exact) mass is 252 g/mol. The lowest BCUT2D eigenvalue weighted by atomic mass is 9.77. The SMILES string of the molecule is CC1=CC2c3cccc4c3c(cn4C)CC2N(C)C1. The highest BCUT2D eigenvalue weighted by Gasteiger charge is 2.35. The van der Waals surface area contributed by atoms with Gasteiger partial charge in [0.2, 0.25) is 0 Å². The lowest BCUT2D eigenvalue weighted by Gasteiger charge is -2.40. The molecule has 2 atom stereocenters. The zero-order valence-corrected chi connectivity index (χ0v) is 11.9. The number of rotatable bonds is 0. The van der Waals surface area contributed by atoms with Gasteiger partial charge in [0.05, 0.1) is 0 Å². The molecule has 2 aliphatic rings. The van der Waals surface area contributed by atoms with Gasteiger partial charge in [-0.25, -0.2) is 0 Å². The zero-order valence-electron chi connectivity index (χ0n) is 11.9. The number of hydrogen-bond donors (Lipinski definition) is 0. The van der Waals surface area contributed by atoms with E-state index in [0.717, 1.165) is 6.54 Å². The second-order valence-corrected chi connectivity index (χ2v) is 6.23. The molecule has 1 aromatic heterocycles. The number of aryl methyl sites for hydroxylation is 1. The summed E-state index contributed by atoms with van der Waals surface area (Å²) in [6, 6.07) is 7.41. The first-order chi connectivity index (χ1) is 9.15. The van der Waals surface area contributed by atoms with Gasteiger partial charge in [-0.3, -0.25) is 4.90 Å². The molecule has 1 aromatic carbocycles. The van der Waals surface area contributed by atoms with Crippen LogP contribution in [0.25, 0.3) is 10.9 Å². The van der Waals surface area contributed by atoms with E-state index in [1.54, 1.807) is 0 Å². The first-order valence-corrected chi connectivity index (χ1v) is 7.09. The average Bonchev–Trinajstić information content (AvgIpc) is 2.70. The Morgan fingerprint density at radius 1 is 1.21 bits per heavy atom. The minimum atomic E-state index is 0.567. The summed E-state index contributed by atoms with van der Waals surface area (Å²) in [7, 11) is 4.43. The Morgan fingerprint density at radius 3 is 2.89 bits per heavy atom. The smallest absolute Gasteiger partial charge is 0.0483 e. The highest BCUT2D eigenvalue weighted by atomic mass is 15.1. The van der Waals surface area contributed by atoms with Crippen molar-refractivity contribution in [1.29, 1.82) is 0 Å². The molecule has 0 bridgehead atoms. The molecule has 0 fully saturated rings. The van der Waals surface area contributed by atoms with Crippen LogP contribution in [0, 0.1) is 0 Å². The predicted molar refractivity (Wildman–Crippen MR) is 79.5 cm³/mol. The van der Waals surface area contributed by atoms with Crippen molar-refractivity contribution in [2.75, 3.05) is 13.6 Å². The fourth-order valence-corrected chi connectivity index (χ4v) is 4.06. The lowest BCUT2D eigenvalue weighted by molar-refractivity contribution is 0.224. The van der Waals surface area contributed by atoms with Gasteiger partial charge in [0, 0.05) is 42.7 Å². The third kappa shape index (κ3) is 1.47. The molecule has 1 aliphatic heterocycles. The summed E-state index contributed by atoms with van der Waals surface area (Å²) < 4.78 is 2.28. The Bertz CT molecular complexity index is 693. The van der Waals surface area contributed by atoms with Crippen LogP contribution < -0.4 is 0 Å². The molecule has 0 saturated carbocycles. The van der Waals surface area contributed by atoms with Gasteiger partial charge in [-0.1, -0.05) is 23.8 Å². The van der Waals surface area contributed by atoms with Crippen molar-refractivity contribution >= 4 is 10.9 Å². The van der Waals surface area contributed by atoms with Gasteiger partial charge in [0.1, 0.15) is 0 Å². The van der Waals surface area contributed by atoms with Crippen LogP contribution in [0.5, 0.6) is 0 Å². The molecule has 2 heteroatoms. The van der Waals surface area contributed by atoms with E-state index >= 15 is 0 Å². The number of nitrogens with zero attached hydrogens (tertiary/aromatic N) is 2. The molecule has 0 spiro atoms. The van der Waals surface area contributed by atoms with Crippen molar-refractivity contribution < 1.29 is 0 Å².